The third kappa shape index (κ3) is 3.62. The monoisotopic (exact) mass is 356 g/mol. The first-order valence-electron chi connectivity index (χ1n) is 8.61. The van der Waals surface area contributed by atoms with E-state index >= 15 is 0 Å². The molecule has 0 saturated carbocycles. The molecule has 138 valence electrons. The van der Waals surface area contributed by atoms with Crippen molar-refractivity contribution in [2.75, 3.05) is 20.2 Å². The predicted octanol–water partition coefficient (Wildman–Crippen LogP) is 0.822. The molecule has 2 heterocycles. The van der Waals surface area contributed by atoms with E-state index in [1.54, 1.807) is 12.0 Å². The highest BCUT2D eigenvalue weighted by atomic mass is 16.5. The molecule has 0 aliphatic carbocycles. The Kier molecular flexibility index (Phi) is 5.08. The number of ether oxygens (including phenoxy) is 1. The van der Waals surface area contributed by atoms with E-state index < -0.39 is 0 Å². The fraction of sp³-hybridized carbons (Fsp3) is 0.421. The van der Waals surface area contributed by atoms with Gasteiger partial charge in [-0.1, -0.05) is 12.1 Å². The molecule has 7 nitrogen and oxygen atoms in total. The second-order valence-electron chi connectivity index (χ2n) is 6.75. The second-order valence-corrected chi connectivity index (χ2v) is 6.75. The zero-order valence-corrected chi connectivity index (χ0v) is 15.3. The molecule has 1 fully saturated rings. The van der Waals surface area contributed by atoms with Gasteiger partial charge in [-0.2, -0.15) is 5.10 Å². The number of hydrogen-bond acceptors (Lipinski definition) is 5. The van der Waals surface area contributed by atoms with E-state index in [0.29, 0.717) is 13.1 Å². The molecule has 0 unspecified atom stereocenters. The van der Waals surface area contributed by atoms with Crippen LogP contribution in [0.25, 0.3) is 0 Å². The molecular formula is C19H24N4O3. The maximum Gasteiger partial charge on any atom is 0.267 e. The van der Waals surface area contributed by atoms with E-state index in [-0.39, 0.29) is 30.0 Å². The van der Waals surface area contributed by atoms with Crippen molar-refractivity contribution in [1.82, 2.24) is 14.7 Å². The molecule has 0 radical (unpaired) electrons. The SMILES string of the molecule is COc1ccc([C@H]2CN(C(=O)Cn3nc(C)c(C)cc3=O)C[C@@H]2N)cc1. The molecule has 2 aromatic rings. The quantitative estimate of drug-likeness (QED) is 0.876. The van der Waals surface area contributed by atoms with E-state index in [0.717, 1.165) is 22.6 Å². The van der Waals surface area contributed by atoms with Crippen molar-refractivity contribution in [3.8, 4) is 5.75 Å². The number of aromatic nitrogens is 2. The minimum absolute atomic E-state index is 0.0642. The van der Waals surface area contributed by atoms with Gasteiger partial charge in [0.25, 0.3) is 5.56 Å². The van der Waals surface area contributed by atoms with E-state index in [4.69, 9.17) is 10.5 Å². The molecule has 7 heteroatoms. The number of benzene rings is 1. The van der Waals surface area contributed by atoms with Crippen LogP contribution >= 0.6 is 0 Å². The first-order chi connectivity index (χ1) is 12.4. The molecule has 1 aromatic heterocycles. The summed E-state index contributed by atoms with van der Waals surface area (Å²) in [7, 11) is 1.62. The number of carbonyl (C=O) groups is 1. The summed E-state index contributed by atoms with van der Waals surface area (Å²) in [4.78, 5) is 26.4. The number of likely N-dealkylation sites (tertiary alicyclic amines) is 1. The number of hydrogen-bond donors (Lipinski definition) is 1. The Morgan fingerprint density at radius 1 is 1.27 bits per heavy atom. The highest BCUT2D eigenvalue weighted by Crippen LogP contribution is 2.28. The molecule has 0 spiro atoms. The van der Waals surface area contributed by atoms with Crippen LogP contribution in [0.5, 0.6) is 5.75 Å². The molecule has 1 aromatic carbocycles. The zero-order valence-electron chi connectivity index (χ0n) is 15.3. The lowest BCUT2D eigenvalue weighted by Gasteiger charge is -2.17. The number of carbonyl (C=O) groups excluding carboxylic acids is 1. The van der Waals surface area contributed by atoms with Crippen LogP contribution in [0.4, 0.5) is 0 Å². The van der Waals surface area contributed by atoms with Crippen LogP contribution in [0.1, 0.15) is 22.7 Å². The molecule has 0 bridgehead atoms. The van der Waals surface area contributed by atoms with Gasteiger partial charge in [0.05, 0.1) is 12.8 Å². The van der Waals surface area contributed by atoms with Crippen molar-refractivity contribution in [3.05, 3.63) is 57.5 Å². The highest BCUT2D eigenvalue weighted by molar-refractivity contribution is 5.76. The number of rotatable bonds is 4. The largest absolute Gasteiger partial charge is 0.497 e. The van der Waals surface area contributed by atoms with Crippen molar-refractivity contribution < 1.29 is 9.53 Å². The van der Waals surface area contributed by atoms with Crippen LogP contribution in [0.2, 0.25) is 0 Å². The van der Waals surface area contributed by atoms with E-state index in [1.807, 2.05) is 38.1 Å². The normalized spacial score (nSPS) is 19.6. The lowest BCUT2D eigenvalue weighted by Crippen LogP contribution is -2.37. The van der Waals surface area contributed by atoms with Gasteiger partial charge in [0.15, 0.2) is 0 Å². The second kappa shape index (κ2) is 7.29. The molecule has 1 amide bonds. The average Bonchev–Trinajstić information content (AvgIpc) is 3.01. The molecule has 2 N–H and O–H groups in total. The molecule has 3 rings (SSSR count). The number of nitrogens with zero attached hydrogens (tertiary/aromatic N) is 3. The Hall–Kier alpha value is -2.67. The van der Waals surface area contributed by atoms with Crippen molar-refractivity contribution in [2.24, 2.45) is 5.73 Å². The predicted molar refractivity (Wildman–Crippen MR) is 98.3 cm³/mol. The molecule has 2 atom stereocenters. The lowest BCUT2D eigenvalue weighted by molar-refractivity contribution is -0.131. The minimum atomic E-state index is -0.267. The Bertz CT molecular complexity index is 860. The van der Waals surface area contributed by atoms with Gasteiger partial charge in [-0.15, -0.1) is 0 Å². The van der Waals surface area contributed by atoms with Gasteiger partial charge in [-0.3, -0.25) is 9.59 Å². The van der Waals surface area contributed by atoms with Crippen LogP contribution in [-0.2, 0) is 11.3 Å². The third-order valence-electron chi connectivity index (χ3n) is 4.98. The first kappa shape index (κ1) is 18.1. The van der Waals surface area contributed by atoms with Crippen molar-refractivity contribution in [2.45, 2.75) is 32.4 Å². The summed E-state index contributed by atoms with van der Waals surface area (Å²) < 4.78 is 6.40. The summed E-state index contributed by atoms with van der Waals surface area (Å²) in [5, 5.41) is 4.21. The third-order valence-corrected chi connectivity index (χ3v) is 4.98. The molecule has 1 saturated heterocycles. The Balaban J connectivity index is 1.71. The smallest absolute Gasteiger partial charge is 0.267 e. The van der Waals surface area contributed by atoms with Gasteiger partial charge in [-0.25, -0.2) is 4.68 Å². The topological polar surface area (TPSA) is 90.5 Å². The average molecular weight is 356 g/mol. The van der Waals surface area contributed by atoms with Gasteiger partial charge in [0.2, 0.25) is 5.91 Å². The zero-order chi connectivity index (χ0) is 18.8. The maximum atomic E-state index is 12.6. The van der Waals surface area contributed by atoms with Gasteiger partial charge in [0.1, 0.15) is 12.3 Å². The number of methoxy groups -OCH3 is 1. The Labute approximate surface area is 152 Å². The van der Waals surface area contributed by atoms with Gasteiger partial charge < -0.3 is 15.4 Å². The summed E-state index contributed by atoms with van der Waals surface area (Å²) in [6.07, 6.45) is 0. The van der Waals surface area contributed by atoms with Crippen LogP contribution < -0.4 is 16.0 Å². The van der Waals surface area contributed by atoms with E-state index in [1.165, 1.54) is 10.7 Å². The molecular weight excluding hydrogens is 332 g/mol. The fourth-order valence-electron chi connectivity index (χ4n) is 3.25. The van der Waals surface area contributed by atoms with Crippen LogP contribution in [0, 0.1) is 13.8 Å². The van der Waals surface area contributed by atoms with Gasteiger partial charge in [-0.05, 0) is 37.1 Å². The van der Waals surface area contributed by atoms with E-state index in [9.17, 15) is 9.59 Å². The molecule has 26 heavy (non-hydrogen) atoms. The van der Waals surface area contributed by atoms with Gasteiger partial charge >= 0.3 is 0 Å². The summed E-state index contributed by atoms with van der Waals surface area (Å²) in [5.41, 5.74) is 8.64. The minimum Gasteiger partial charge on any atom is -0.497 e. The summed E-state index contributed by atoms with van der Waals surface area (Å²) in [5.74, 6) is 0.706. The first-order valence-corrected chi connectivity index (χ1v) is 8.61. The number of amides is 1. The van der Waals surface area contributed by atoms with Crippen molar-refractivity contribution >= 4 is 5.91 Å². The van der Waals surface area contributed by atoms with Crippen LogP contribution in [0.3, 0.4) is 0 Å². The number of nitrogens with two attached hydrogens (primary N) is 1. The molecule has 1 aliphatic rings. The fourth-order valence-corrected chi connectivity index (χ4v) is 3.25. The van der Waals surface area contributed by atoms with E-state index in [2.05, 4.69) is 5.10 Å². The Morgan fingerprint density at radius 3 is 2.62 bits per heavy atom. The standard InChI is InChI=1S/C19H24N4O3/c1-12-8-18(24)23(21-13(12)2)11-19(25)22-9-16(17(20)10-22)14-4-6-15(26-3)7-5-14/h4-8,16-17H,9-11,20H2,1-3H3/t16-,17+/m1/s1. The number of aryl methyl sites for hydroxylation is 2. The lowest BCUT2D eigenvalue weighted by atomic mass is 9.95. The van der Waals surface area contributed by atoms with Crippen molar-refractivity contribution in [3.63, 3.8) is 0 Å². The summed E-state index contributed by atoms with van der Waals surface area (Å²) in [6, 6.07) is 9.11. The highest BCUT2D eigenvalue weighted by Gasteiger charge is 2.34. The Morgan fingerprint density at radius 2 is 1.96 bits per heavy atom. The maximum absolute atomic E-state index is 12.6. The van der Waals surface area contributed by atoms with Crippen LogP contribution in [-0.4, -0.2) is 46.8 Å². The summed E-state index contributed by atoms with van der Waals surface area (Å²) in [6.45, 7) is 4.58. The summed E-state index contributed by atoms with van der Waals surface area (Å²) >= 11 is 0. The van der Waals surface area contributed by atoms with Crippen molar-refractivity contribution in [1.29, 1.82) is 0 Å². The molecule has 1 aliphatic heterocycles. The van der Waals surface area contributed by atoms with Gasteiger partial charge in [0, 0.05) is 31.1 Å². The van der Waals surface area contributed by atoms with Crippen LogP contribution in [0.15, 0.2) is 35.1 Å².